The first-order valence-electron chi connectivity index (χ1n) is 5.82. The van der Waals surface area contributed by atoms with Crippen molar-refractivity contribution in [2.75, 3.05) is 5.32 Å². The van der Waals surface area contributed by atoms with Crippen LogP contribution in [0.1, 0.15) is 25.3 Å². The molecule has 0 amide bonds. The fraction of sp³-hybridized carbons (Fsp3) is 0.231. The Balaban J connectivity index is 2.48. The van der Waals surface area contributed by atoms with Crippen LogP contribution in [0.15, 0.2) is 18.5 Å². The van der Waals surface area contributed by atoms with Gasteiger partial charge >= 0.3 is 0 Å². The van der Waals surface area contributed by atoms with Crippen LogP contribution in [0.2, 0.25) is 15.2 Å². The predicted molar refractivity (Wildman–Crippen MR) is 80.8 cm³/mol. The third-order valence-corrected chi connectivity index (χ3v) is 3.56. The molecule has 2 rings (SSSR count). The highest BCUT2D eigenvalue weighted by Crippen LogP contribution is 2.36. The maximum atomic E-state index is 13.2. The topological polar surface area (TPSA) is 37.8 Å². The lowest BCUT2D eigenvalue weighted by Crippen LogP contribution is -2.04. The van der Waals surface area contributed by atoms with Gasteiger partial charge in [0.05, 0.1) is 15.7 Å². The summed E-state index contributed by atoms with van der Waals surface area (Å²) in [6.07, 6.45) is 1.34. The molecular weight excluding hydrogens is 324 g/mol. The predicted octanol–water partition coefficient (Wildman–Crippen LogP) is 5.44. The molecule has 20 heavy (non-hydrogen) atoms. The van der Waals surface area contributed by atoms with E-state index < -0.39 is 5.82 Å². The Kier molecular flexibility index (Phi) is 4.68. The van der Waals surface area contributed by atoms with E-state index >= 15 is 0 Å². The molecule has 0 fully saturated rings. The highest BCUT2D eigenvalue weighted by atomic mass is 35.5. The second-order valence-electron chi connectivity index (χ2n) is 4.45. The number of halogens is 4. The number of nitrogens with zero attached hydrogens (tertiary/aromatic N) is 2. The van der Waals surface area contributed by atoms with E-state index in [9.17, 15) is 4.39 Å². The van der Waals surface area contributed by atoms with Crippen LogP contribution >= 0.6 is 34.8 Å². The van der Waals surface area contributed by atoms with E-state index in [0.29, 0.717) is 16.7 Å². The summed E-state index contributed by atoms with van der Waals surface area (Å²) in [6.45, 7) is 3.92. The molecule has 1 aromatic heterocycles. The minimum atomic E-state index is -0.504. The van der Waals surface area contributed by atoms with Crippen LogP contribution in [-0.4, -0.2) is 9.97 Å². The summed E-state index contributed by atoms with van der Waals surface area (Å²) in [5.41, 5.74) is 1.12. The Hall–Kier alpha value is -1.10. The summed E-state index contributed by atoms with van der Waals surface area (Å²) in [4.78, 5) is 8.09. The molecular formula is C13H11Cl3FN3. The lowest BCUT2D eigenvalue weighted by atomic mass is 10.1. The Morgan fingerprint density at radius 1 is 1.10 bits per heavy atom. The van der Waals surface area contributed by atoms with E-state index in [1.807, 2.05) is 13.8 Å². The smallest absolute Gasteiger partial charge is 0.138 e. The average molecular weight is 335 g/mol. The quantitative estimate of drug-likeness (QED) is 0.759. The second kappa shape index (κ2) is 6.12. The Bertz CT molecular complexity index is 624. The fourth-order valence-corrected chi connectivity index (χ4v) is 2.67. The molecule has 1 N–H and O–H groups in total. The third kappa shape index (κ3) is 3.14. The summed E-state index contributed by atoms with van der Waals surface area (Å²) >= 11 is 18.1. The highest BCUT2D eigenvalue weighted by Gasteiger charge is 2.16. The zero-order valence-corrected chi connectivity index (χ0v) is 13.0. The lowest BCUT2D eigenvalue weighted by molar-refractivity contribution is 0.628. The Labute approximate surface area is 131 Å². The number of anilines is 2. The number of rotatable bonds is 3. The monoisotopic (exact) mass is 333 g/mol. The van der Waals surface area contributed by atoms with Crippen LogP contribution in [0, 0.1) is 5.82 Å². The SMILES string of the molecule is CC(C)c1c(Cl)ncnc1Nc1c(Cl)cc(F)cc1Cl. The zero-order valence-electron chi connectivity index (χ0n) is 10.7. The maximum Gasteiger partial charge on any atom is 0.138 e. The van der Waals surface area contributed by atoms with E-state index in [-0.39, 0.29) is 16.0 Å². The first-order valence-corrected chi connectivity index (χ1v) is 6.95. The largest absolute Gasteiger partial charge is 0.337 e. The summed E-state index contributed by atoms with van der Waals surface area (Å²) in [7, 11) is 0. The van der Waals surface area contributed by atoms with Crippen molar-refractivity contribution >= 4 is 46.3 Å². The second-order valence-corrected chi connectivity index (χ2v) is 5.62. The standard InChI is InChI=1S/C13H11Cl3FN3/c1-6(2)10-12(16)18-5-19-13(10)20-11-8(14)3-7(17)4-9(11)15/h3-6H,1-2H3,(H,18,19,20). The zero-order chi connectivity index (χ0) is 14.9. The van der Waals surface area contributed by atoms with Crippen molar-refractivity contribution in [3.05, 3.63) is 45.0 Å². The fourth-order valence-electron chi connectivity index (χ4n) is 1.77. The molecule has 0 atom stereocenters. The molecule has 0 aliphatic rings. The van der Waals surface area contributed by atoms with Crippen molar-refractivity contribution in [3.63, 3.8) is 0 Å². The van der Waals surface area contributed by atoms with E-state index in [2.05, 4.69) is 15.3 Å². The van der Waals surface area contributed by atoms with E-state index in [1.54, 1.807) is 0 Å². The van der Waals surface area contributed by atoms with Gasteiger partial charge in [-0.15, -0.1) is 0 Å². The average Bonchev–Trinajstić information content (AvgIpc) is 2.33. The number of hydrogen-bond donors (Lipinski definition) is 1. The number of hydrogen-bond acceptors (Lipinski definition) is 3. The van der Waals surface area contributed by atoms with Crippen LogP contribution in [0.25, 0.3) is 0 Å². The molecule has 0 saturated carbocycles. The van der Waals surface area contributed by atoms with E-state index in [0.717, 1.165) is 5.56 Å². The number of benzene rings is 1. The molecule has 0 saturated heterocycles. The molecule has 0 aliphatic carbocycles. The molecule has 0 aliphatic heterocycles. The van der Waals surface area contributed by atoms with Gasteiger partial charge in [-0.3, -0.25) is 0 Å². The molecule has 0 spiro atoms. The summed E-state index contributed by atoms with van der Waals surface area (Å²) in [6, 6.07) is 2.35. The van der Waals surface area contributed by atoms with Crippen molar-refractivity contribution in [1.82, 2.24) is 9.97 Å². The van der Waals surface area contributed by atoms with Crippen molar-refractivity contribution in [1.29, 1.82) is 0 Å². The van der Waals surface area contributed by atoms with E-state index in [1.165, 1.54) is 18.5 Å². The van der Waals surface area contributed by atoms with Crippen molar-refractivity contribution in [3.8, 4) is 0 Å². The van der Waals surface area contributed by atoms with Gasteiger partial charge in [0.25, 0.3) is 0 Å². The van der Waals surface area contributed by atoms with Gasteiger partial charge in [-0.1, -0.05) is 48.7 Å². The van der Waals surface area contributed by atoms with Crippen molar-refractivity contribution in [2.45, 2.75) is 19.8 Å². The minimum absolute atomic E-state index is 0.101. The summed E-state index contributed by atoms with van der Waals surface area (Å²) in [5, 5.41) is 3.68. The van der Waals surface area contributed by atoms with Crippen molar-refractivity contribution < 1.29 is 4.39 Å². The molecule has 1 aromatic carbocycles. The first kappa shape index (κ1) is 15.3. The lowest BCUT2D eigenvalue weighted by Gasteiger charge is -2.16. The number of aromatic nitrogens is 2. The molecule has 7 heteroatoms. The molecule has 2 aromatic rings. The normalized spacial score (nSPS) is 10.9. The molecule has 0 unspecified atom stereocenters. The van der Waals surface area contributed by atoms with Gasteiger partial charge in [0.2, 0.25) is 0 Å². The third-order valence-electron chi connectivity index (χ3n) is 2.66. The van der Waals surface area contributed by atoms with Crippen LogP contribution in [0.5, 0.6) is 0 Å². The molecule has 1 heterocycles. The molecule has 0 bridgehead atoms. The van der Waals surface area contributed by atoms with Crippen LogP contribution in [0.4, 0.5) is 15.9 Å². The van der Waals surface area contributed by atoms with Gasteiger partial charge < -0.3 is 5.32 Å². The van der Waals surface area contributed by atoms with E-state index in [4.69, 9.17) is 34.8 Å². The van der Waals surface area contributed by atoms with Gasteiger partial charge in [-0.05, 0) is 18.1 Å². The summed E-state index contributed by atoms with van der Waals surface area (Å²) < 4.78 is 13.2. The van der Waals surface area contributed by atoms with Gasteiger partial charge in [-0.25, -0.2) is 14.4 Å². The van der Waals surface area contributed by atoms with Gasteiger partial charge in [0, 0.05) is 5.56 Å². The Morgan fingerprint density at radius 3 is 2.25 bits per heavy atom. The van der Waals surface area contributed by atoms with Gasteiger partial charge in [-0.2, -0.15) is 0 Å². The number of nitrogens with one attached hydrogen (secondary N) is 1. The van der Waals surface area contributed by atoms with Gasteiger partial charge in [0.1, 0.15) is 23.1 Å². The van der Waals surface area contributed by atoms with Crippen LogP contribution in [-0.2, 0) is 0 Å². The first-order chi connectivity index (χ1) is 9.40. The molecule has 0 radical (unpaired) electrons. The van der Waals surface area contributed by atoms with Crippen molar-refractivity contribution in [2.24, 2.45) is 0 Å². The minimum Gasteiger partial charge on any atom is -0.337 e. The van der Waals surface area contributed by atoms with Crippen LogP contribution in [0.3, 0.4) is 0 Å². The maximum absolute atomic E-state index is 13.2. The molecule has 3 nitrogen and oxygen atoms in total. The molecule has 106 valence electrons. The van der Waals surface area contributed by atoms with Gasteiger partial charge in [0.15, 0.2) is 0 Å². The summed E-state index contributed by atoms with van der Waals surface area (Å²) in [5.74, 6) is 0.0926. The Morgan fingerprint density at radius 2 is 1.70 bits per heavy atom. The highest BCUT2D eigenvalue weighted by molar-refractivity contribution is 6.39. The van der Waals surface area contributed by atoms with Crippen LogP contribution < -0.4 is 5.32 Å².